The summed E-state index contributed by atoms with van der Waals surface area (Å²) in [5.74, 6) is 0. The van der Waals surface area contributed by atoms with E-state index in [1.807, 2.05) is 0 Å². The first kappa shape index (κ1) is 11.4. The van der Waals surface area contributed by atoms with Crippen molar-refractivity contribution >= 4 is 16.1 Å². The van der Waals surface area contributed by atoms with E-state index < -0.39 is 16.1 Å². The summed E-state index contributed by atoms with van der Waals surface area (Å²) in [6.07, 6.45) is 0. The molecule has 11 heavy (non-hydrogen) atoms. The van der Waals surface area contributed by atoms with Gasteiger partial charge in [-0.25, -0.2) is 0 Å². The molecule has 1 atom stereocenters. The summed E-state index contributed by atoms with van der Waals surface area (Å²) in [5, 5.41) is 9.82. The summed E-state index contributed by atoms with van der Waals surface area (Å²) < 4.78 is 0. The van der Waals surface area contributed by atoms with Crippen LogP contribution in [0.15, 0.2) is 0 Å². The maximum atomic E-state index is 9.82. The maximum Gasteiger partial charge on any atom is 0.0777 e. The summed E-state index contributed by atoms with van der Waals surface area (Å²) >= 11 is 0. The molecule has 3 heteroatoms. The van der Waals surface area contributed by atoms with Crippen LogP contribution >= 0.6 is 0 Å². The Morgan fingerprint density at radius 3 is 1.45 bits per heavy atom. The Morgan fingerprint density at radius 1 is 1.00 bits per heavy atom. The summed E-state index contributed by atoms with van der Waals surface area (Å²) in [4.78, 5) is 0. The molecule has 0 rings (SSSR count). The number of aliphatic hydroxyl groups is 1. The fourth-order valence-electron chi connectivity index (χ4n) is 0.886. The second kappa shape index (κ2) is 3.41. The third kappa shape index (κ3) is 5.64. The van der Waals surface area contributed by atoms with Crippen LogP contribution in [0.1, 0.15) is 0 Å². The normalized spacial score (nSPS) is 16.6. The van der Waals surface area contributed by atoms with Gasteiger partial charge in [0.05, 0.1) is 8.07 Å². The van der Waals surface area contributed by atoms with Gasteiger partial charge in [0.15, 0.2) is 0 Å². The van der Waals surface area contributed by atoms with Crippen molar-refractivity contribution in [3.05, 3.63) is 0 Å². The van der Waals surface area contributed by atoms with E-state index in [0.29, 0.717) is 0 Å². The number of aliphatic hydroxyl groups excluding tert-OH is 1. The highest BCUT2D eigenvalue weighted by Gasteiger charge is 2.29. The second-order valence-electron chi connectivity index (χ2n) is 5.65. The fraction of sp³-hybridized carbons (Fsp3) is 1.00. The Morgan fingerprint density at radius 2 is 1.36 bits per heavy atom. The summed E-state index contributed by atoms with van der Waals surface area (Å²) in [6, 6.07) is 1.07. The quantitative estimate of drug-likeness (QED) is 0.678. The molecule has 0 aromatic rings. The predicted molar refractivity (Wildman–Crippen MR) is 57.5 cm³/mol. The van der Waals surface area contributed by atoms with Crippen molar-refractivity contribution in [2.45, 2.75) is 51.1 Å². The van der Waals surface area contributed by atoms with Crippen LogP contribution in [0.3, 0.4) is 0 Å². The molecular weight excluding hydrogens is 168 g/mol. The molecule has 1 nitrogen and oxygen atoms in total. The Balaban J connectivity index is 3.99. The fourth-order valence-corrected chi connectivity index (χ4v) is 6.33. The van der Waals surface area contributed by atoms with Crippen LogP contribution in [-0.4, -0.2) is 27.0 Å². The minimum atomic E-state index is -1.28. The lowest BCUT2D eigenvalue weighted by atomic mass is 10.8. The third-order valence-corrected chi connectivity index (χ3v) is 6.03. The molecule has 1 N–H and O–H groups in total. The standard InChI is InChI=1S/C8H22OSi2/c1-10(2,3)7-8(9)11(4,5)6/h8-9H,7H2,1-6H3. The maximum absolute atomic E-state index is 9.82. The Bertz CT molecular complexity index is 121. The molecular formula is C8H22OSi2. The van der Waals surface area contributed by atoms with E-state index in [2.05, 4.69) is 39.3 Å². The van der Waals surface area contributed by atoms with E-state index in [0.717, 1.165) is 6.04 Å². The van der Waals surface area contributed by atoms with Crippen LogP contribution in [0.2, 0.25) is 45.3 Å². The Hall–Kier alpha value is 0.394. The van der Waals surface area contributed by atoms with Crippen molar-refractivity contribution in [1.82, 2.24) is 0 Å². The Kier molecular flexibility index (Phi) is 3.53. The molecule has 0 bridgehead atoms. The van der Waals surface area contributed by atoms with Crippen LogP contribution in [0.4, 0.5) is 0 Å². The SMILES string of the molecule is C[Si](C)(C)CC(O)[Si](C)(C)C. The molecule has 0 aliphatic carbocycles. The third-order valence-electron chi connectivity index (χ3n) is 1.81. The minimum Gasteiger partial charge on any atom is -0.397 e. The predicted octanol–water partition coefficient (Wildman–Crippen LogP) is 2.56. The molecule has 0 aliphatic heterocycles. The molecule has 0 saturated heterocycles. The summed E-state index contributed by atoms with van der Waals surface area (Å²) in [5.41, 5.74) is 0.00849. The van der Waals surface area contributed by atoms with E-state index in [1.165, 1.54) is 0 Å². The van der Waals surface area contributed by atoms with Gasteiger partial charge in [0.1, 0.15) is 0 Å². The van der Waals surface area contributed by atoms with Gasteiger partial charge in [-0.15, -0.1) is 0 Å². The van der Waals surface area contributed by atoms with Crippen LogP contribution in [0.5, 0.6) is 0 Å². The van der Waals surface area contributed by atoms with Gasteiger partial charge in [0.2, 0.25) is 0 Å². The van der Waals surface area contributed by atoms with Gasteiger partial charge in [-0.3, -0.25) is 0 Å². The van der Waals surface area contributed by atoms with Gasteiger partial charge in [-0.2, -0.15) is 0 Å². The molecule has 0 fully saturated rings. The van der Waals surface area contributed by atoms with E-state index in [1.54, 1.807) is 0 Å². The molecule has 0 heterocycles. The van der Waals surface area contributed by atoms with Crippen molar-refractivity contribution in [3.63, 3.8) is 0 Å². The van der Waals surface area contributed by atoms with E-state index >= 15 is 0 Å². The van der Waals surface area contributed by atoms with Crippen LogP contribution < -0.4 is 0 Å². The number of hydrogen-bond donors (Lipinski definition) is 1. The molecule has 68 valence electrons. The van der Waals surface area contributed by atoms with Crippen LogP contribution in [-0.2, 0) is 0 Å². The average molecular weight is 190 g/mol. The molecule has 0 aliphatic rings. The van der Waals surface area contributed by atoms with Gasteiger partial charge in [-0.05, 0) is 6.04 Å². The van der Waals surface area contributed by atoms with Crippen LogP contribution in [0, 0.1) is 0 Å². The van der Waals surface area contributed by atoms with Gasteiger partial charge in [0, 0.05) is 13.8 Å². The van der Waals surface area contributed by atoms with Crippen molar-refractivity contribution in [3.8, 4) is 0 Å². The van der Waals surface area contributed by atoms with Gasteiger partial charge in [-0.1, -0.05) is 39.3 Å². The largest absolute Gasteiger partial charge is 0.397 e. The first-order valence-corrected chi connectivity index (χ1v) is 11.6. The number of rotatable bonds is 3. The van der Waals surface area contributed by atoms with Crippen molar-refractivity contribution in [2.24, 2.45) is 0 Å². The monoisotopic (exact) mass is 190 g/mol. The summed E-state index contributed by atoms with van der Waals surface area (Å²) in [7, 11) is -2.33. The molecule has 0 spiro atoms. The zero-order valence-corrected chi connectivity index (χ0v) is 10.7. The topological polar surface area (TPSA) is 20.2 Å². The molecule has 0 aromatic carbocycles. The first-order valence-electron chi connectivity index (χ1n) is 4.31. The highest BCUT2D eigenvalue weighted by Crippen LogP contribution is 2.18. The van der Waals surface area contributed by atoms with Crippen molar-refractivity contribution in [2.75, 3.05) is 0 Å². The lowest BCUT2D eigenvalue weighted by Gasteiger charge is -2.29. The Labute approximate surface area is 72.9 Å². The molecule has 1 unspecified atom stereocenters. The highest BCUT2D eigenvalue weighted by molar-refractivity contribution is 6.82. The summed E-state index contributed by atoms with van der Waals surface area (Å²) in [6.45, 7) is 13.6. The molecule has 0 aromatic heterocycles. The highest BCUT2D eigenvalue weighted by atomic mass is 28.3. The average Bonchev–Trinajstić information content (AvgIpc) is 1.56. The lowest BCUT2D eigenvalue weighted by molar-refractivity contribution is 0.262. The van der Waals surface area contributed by atoms with Gasteiger partial charge in [0.25, 0.3) is 0 Å². The zero-order chi connectivity index (χ0) is 9.28. The van der Waals surface area contributed by atoms with Gasteiger partial charge >= 0.3 is 0 Å². The zero-order valence-electron chi connectivity index (χ0n) is 8.73. The molecule has 0 radical (unpaired) electrons. The minimum absolute atomic E-state index is 0.00849. The first-order chi connectivity index (χ1) is 4.63. The number of hydrogen-bond acceptors (Lipinski definition) is 1. The molecule has 0 amide bonds. The smallest absolute Gasteiger partial charge is 0.0777 e. The van der Waals surface area contributed by atoms with E-state index in [-0.39, 0.29) is 5.73 Å². The van der Waals surface area contributed by atoms with E-state index in [4.69, 9.17) is 0 Å². The van der Waals surface area contributed by atoms with E-state index in [9.17, 15) is 5.11 Å². The lowest BCUT2D eigenvalue weighted by Crippen LogP contribution is -2.42. The van der Waals surface area contributed by atoms with Crippen LogP contribution in [0.25, 0.3) is 0 Å². The molecule has 0 saturated carbocycles. The second-order valence-corrected chi connectivity index (χ2v) is 16.6. The van der Waals surface area contributed by atoms with Gasteiger partial charge < -0.3 is 5.11 Å². The van der Waals surface area contributed by atoms with Crippen molar-refractivity contribution < 1.29 is 5.11 Å². The van der Waals surface area contributed by atoms with Crippen molar-refractivity contribution in [1.29, 1.82) is 0 Å².